The Morgan fingerprint density at radius 3 is 2.31 bits per heavy atom. The molecule has 0 N–H and O–H groups in total. The Bertz CT molecular complexity index is 199. The quantitative estimate of drug-likeness (QED) is 0.652. The molecule has 0 aromatic heterocycles. The highest BCUT2D eigenvalue weighted by Gasteiger charge is 2.34. The van der Waals surface area contributed by atoms with Crippen LogP contribution in [0, 0.1) is 23.2 Å². The molecule has 0 aromatic rings. The molecule has 1 saturated heterocycles. The van der Waals surface area contributed by atoms with Crippen LogP contribution < -0.4 is 0 Å². The lowest BCUT2D eigenvalue weighted by Gasteiger charge is -2.36. The van der Waals surface area contributed by atoms with Gasteiger partial charge in [-0.3, -0.25) is 0 Å². The van der Waals surface area contributed by atoms with Crippen LogP contribution in [-0.2, 0) is 4.74 Å². The predicted octanol–water partition coefficient (Wildman–Crippen LogP) is 2.50. The van der Waals surface area contributed by atoms with E-state index in [9.17, 15) is 0 Å². The zero-order chi connectivity index (χ0) is 9.10. The number of hydrogen-bond acceptors (Lipinski definition) is 2. The van der Waals surface area contributed by atoms with Crippen LogP contribution in [-0.4, -0.2) is 12.7 Å². The predicted molar refractivity (Wildman–Crippen MR) is 50.0 cm³/mol. The van der Waals surface area contributed by atoms with Gasteiger partial charge in [-0.25, -0.2) is 0 Å². The molecule has 0 bridgehead atoms. The fourth-order valence-electron chi connectivity index (χ4n) is 2.52. The van der Waals surface area contributed by atoms with Gasteiger partial charge in [0.2, 0.25) is 0 Å². The van der Waals surface area contributed by atoms with Gasteiger partial charge in [0.25, 0.3) is 0 Å². The van der Waals surface area contributed by atoms with Crippen LogP contribution in [0.3, 0.4) is 0 Å². The molecule has 1 saturated carbocycles. The van der Waals surface area contributed by atoms with Crippen molar-refractivity contribution in [3.8, 4) is 6.07 Å². The minimum atomic E-state index is 0.189. The first kappa shape index (κ1) is 9.02. The summed E-state index contributed by atoms with van der Waals surface area (Å²) in [4.78, 5) is 0. The van der Waals surface area contributed by atoms with Crippen LogP contribution in [0.2, 0.25) is 0 Å². The second kappa shape index (κ2) is 4.11. The summed E-state index contributed by atoms with van der Waals surface area (Å²) >= 11 is 0. The van der Waals surface area contributed by atoms with Crippen molar-refractivity contribution < 1.29 is 4.74 Å². The fraction of sp³-hybridized carbons (Fsp3) is 0.909. The molecule has 72 valence electrons. The molecular weight excluding hydrogens is 162 g/mol. The summed E-state index contributed by atoms with van der Waals surface area (Å²) in [6.45, 7) is 0.871. The first-order chi connectivity index (χ1) is 6.42. The first-order valence-corrected chi connectivity index (χ1v) is 5.43. The molecule has 2 unspecified atom stereocenters. The third-order valence-corrected chi connectivity index (χ3v) is 3.44. The van der Waals surface area contributed by atoms with Crippen molar-refractivity contribution in [1.82, 2.24) is 0 Å². The molecule has 13 heavy (non-hydrogen) atoms. The maximum atomic E-state index is 9.08. The van der Waals surface area contributed by atoms with E-state index in [0.29, 0.717) is 5.92 Å². The first-order valence-electron chi connectivity index (χ1n) is 5.43. The average molecular weight is 179 g/mol. The van der Waals surface area contributed by atoms with E-state index in [-0.39, 0.29) is 12.0 Å². The number of nitriles is 1. The van der Waals surface area contributed by atoms with Crippen molar-refractivity contribution in [3.63, 3.8) is 0 Å². The Labute approximate surface area is 79.9 Å². The maximum absolute atomic E-state index is 9.08. The molecule has 2 aliphatic rings. The standard InChI is InChI=1S/C11H17NO/c12-8-10(11-6-7-13-11)9-4-2-1-3-5-9/h9-11H,1-7H2. The Morgan fingerprint density at radius 2 is 1.85 bits per heavy atom. The maximum Gasteiger partial charge on any atom is 0.0757 e. The highest BCUT2D eigenvalue weighted by Crippen LogP contribution is 2.35. The van der Waals surface area contributed by atoms with Crippen LogP contribution in [0.1, 0.15) is 38.5 Å². The van der Waals surface area contributed by atoms with Gasteiger partial charge in [-0.1, -0.05) is 19.3 Å². The highest BCUT2D eigenvalue weighted by atomic mass is 16.5. The van der Waals surface area contributed by atoms with E-state index in [4.69, 9.17) is 10.00 Å². The molecule has 2 rings (SSSR count). The fourth-order valence-corrected chi connectivity index (χ4v) is 2.52. The molecule has 2 fully saturated rings. The number of hydrogen-bond donors (Lipinski definition) is 0. The van der Waals surface area contributed by atoms with Crippen LogP contribution in [0.25, 0.3) is 0 Å². The van der Waals surface area contributed by atoms with Gasteiger partial charge >= 0.3 is 0 Å². The van der Waals surface area contributed by atoms with Gasteiger partial charge in [-0.2, -0.15) is 5.26 Å². The summed E-state index contributed by atoms with van der Waals surface area (Å²) in [5.41, 5.74) is 0. The zero-order valence-corrected chi connectivity index (χ0v) is 8.04. The van der Waals surface area contributed by atoms with Crippen molar-refractivity contribution in [3.05, 3.63) is 0 Å². The zero-order valence-electron chi connectivity index (χ0n) is 8.04. The van der Waals surface area contributed by atoms with Gasteiger partial charge in [-0.15, -0.1) is 0 Å². The van der Waals surface area contributed by atoms with Gasteiger partial charge in [0.05, 0.1) is 18.1 Å². The number of rotatable bonds is 2. The van der Waals surface area contributed by atoms with Crippen LogP contribution >= 0.6 is 0 Å². The average Bonchev–Trinajstić information content (AvgIpc) is 2.12. The third-order valence-electron chi connectivity index (χ3n) is 3.44. The van der Waals surface area contributed by atoms with E-state index >= 15 is 0 Å². The lowest BCUT2D eigenvalue weighted by atomic mass is 9.76. The SMILES string of the molecule is N#CC(C1CCCCC1)C1CCO1. The molecule has 0 radical (unpaired) electrons. The van der Waals surface area contributed by atoms with Gasteiger partial charge in [0.15, 0.2) is 0 Å². The van der Waals surface area contributed by atoms with Gasteiger partial charge in [-0.05, 0) is 25.2 Å². The summed E-state index contributed by atoms with van der Waals surface area (Å²) < 4.78 is 5.41. The van der Waals surface area contributed by atoms with Crippen LogP contribution in [0.5, 0.6) is 0 Å². The van der Waals surface area contributed by atoms with Gasteiger partial charge in [0, 0.05) is 6.61 Å². The normalized spacial score (nSPS) is 31.8. The van der Waals surface area contributed by atoms with Gasteiger partial charge in [0.1, 0.15) is 0 Å². The van der Waals surface area contributed by atoms with E-state index in [1.54, 1.807) is 0 Å². The summed E-state index contributed by atoms with van der Waals surface area (Å²) in [5, 5.41) is 9.08. The van der Waals surface area contributed by atoms with E-state index in [1.807, 2.05) is 0 Å². The molecule has 2 nitrogen and oxygen atoms in total. The Kier molecular flexibility index (Phi) is 2.85. The van der Waals surface area contributed by atoms with Crippen LogP contribution in [0.4, 0.5) is 0 Å². The van der Waals surface area contributed by atoms with Crippen molar-refractivity contribution in [2.75, 3.05) is 6.61 Å². The molecule has 0 spiro atoms. The van der Waals surface area contributed by atoms with Crippen LogP contribution in [0.15, 0.2) is 0 Å². The molecule has 2 atom stereocenters. The smallest absolute Gasteiger partial charge is 0.0757 e. The second-order valence-corrected chi connectivity index (χ2v) is 4.25. The summed E-state index contributed by atoms with van der Waals surface area (Å²) in [6.07, 6.45) is 7.86. The van der Waals surface area contributed by atoms with E-state index in [0.717, 1.165) is 13.0 Å². The Hall–Kier alpha value is -0.550. The number of ether oxygens (including phenoxy) is 1. The summed E-state index contributed by atoms with van der Waals surface area (Å²) in [6, 6.07) is 2.45. The molecule has 1 heterocycles. The lowest BCUT2D eigenvalue weighted by Crippen LogP contribution is -2.38. The molecule has 2 heteroatoms. The molecule has 0 amide bonds. The number of nitrogens with zero attached hydrogens (tertiary/aromatic N) is 1. The molecule has 1 aliphatic heterocycles. The minimum Gasteiger partial charge on any atom is -0.377 e. The van der Waals surface area contributed by atoms with Crippen molar-refractivity contribution in [1.29, 1.82) is 5.26 Å². The molecular formula is C11H17NO. The Balaban J connectivity index is 1.90. The van der Waals surface area contributed by atoms with Crippen molar-refractivity contribution in [2.45, 2.75) is 44.6 Å². The van der Waals surface area contributed by atoms with E-state index < -0.39 is 0 Å². The topological polar surface area (TPSA) is 33.0 Å². The Morgan fingerprint density at radius 1 is 1.15 bits per heavy atom. The lowest BCUT2D eigenvalue weighted by molar-refractivity contribution is -0.0865. The molecule has 0 aromatic carbocycles. The summed E-state index contributed by atoms with van der Waals surface area (Å²) in [5.74, 6) is 0.818. The van der Waals surface area contributed by atoms with Crippen molar-refractivity contribution >= 4 is 0 Å². The van der Waals surface area contributed by atoms with Gasteiger partial charge < -0.3 is 4.74 Å². The van der Waals surface area contributed by atoms with E-state index in [2.05, 4.69) is 6.07 Å². The summed E-state index contributed by atoms with van der Waals surface area (Å²) in [7, 11) is 0. The molecule has 1 aliphatic carbocycles. The largest absolute Gasteiger partial charge is 0.377 e. The van der Waals surface area contributed by atoms with Crippen molar-refractivity contribution in [2.24, 2.45) is 11.8 Å². The minimum absolute atomic E-state index is 0.189. The monoisotopic (exact) mass is 179 g/mol. The third kappa shape index (κ3) is 1.86. The second-order valence-electron chi connectivity index (χ2n) is 4.25. The van der Waals surface area contributed by atoms with E-state index in [1.165, 1.54) is 32.1 Å². The highest BCUT2D eigenvalue weighted by molar-refractivity contribution is 4.96.